The van der Waals surface area contributed by atoms with E-state index in [0.29, 0.717) is 42.6 Å². The van der Waals surface area contributed by atoms with Crippen molar-refractivity contribution in [1.82, 2.24) is 20.2 Å². The van der Waals surface area contributed by atoms with Gasteiger partial charge in [-0.25, -0.2) is 0 Å². The van der Waals surface area contributed by atoms with E-state index in [1.807, 2.05) is 30.3 Å². The number of H-pyrrole nitrogens is 1. The van der Waals surface area contributed by atoms with Gasteiger partial charge in [0.2, 0.25) is 5.91 Å². The van der Waals surface area contributed by atoms with Crippen molar-refractivity contribution >= 4 is 34.9 Å². The summed E-state index contributed by atoms with van der Waals surface area (Å²) in [6.45, 7) is 2.96. The van der Waals surface area contributed by atoms with Gasteiger partial charge < -0.3 is 20.4 Å². The number of carbonyl (C=O) groups is 2. The van der Waals surface area contributed by atoms with Crippen LogP contribution >= 0.6 is 12.2 Å². The SMILES string of the molecule is COCCCn1c(=S)[nH]c2cc(C(=O)NC(C)C(=O)NCc3ccccc3)ccc2c1=O. The average molecular weight is 455 g/mol. The molecule has 1 heterocycles. The maximum absolute atomic E-state index is 12.8. The maximum Gasteiger partial charge on any atom is 0.262 e. The average Bonchev–Trinajstić information content (AvgIpc) is 2.79. The molecule has 2 amide bonds. The number of benzene rings is 2. The van der Waals surface area contributed by atoms with Crippen LogP contribution in [0, 0.1) is 4.77 Å². The Morgan fingerprint density at radius 3 is 2.66 bits per heavy atom. The predicted molar refractivity (Wildman–Crippen MR) is 125 cm³/mol. The molecule has 8 nitrogen and oxygen atoms in total. The third-order valence-electron chi connectivity index (χ3n) is 5.02. The molecule has 1 atom stereocenters. The van der Waals surface area contributed by atoms with Crippen LogP contribution in [0.25, 0.3) is 10.9 Å². The summed E-state index contributed by atoms with van der Waals surface area (Å²) in [6.07, 6.45) is 0.657. The van der Waals surface area contributed by atoms with Crippen molar-refractivity contribution in [2.75, 3.05) is 13.7 Å². The third kappa shape index (κ3) is 5.68. The molecule has 0 radical (unpaired) electrons. The topological polar surface area (TPSA) is 105 Å². The van der Waals surface area contributed by atoms with Crippen LogP contribution in [0.5, 0.6) is 0 Å². The van der Waals surface area contributed by atoms with E-state index in [2.05, 4.69) is 15.6 Å². The first-order chi connectivity index (χ1) is 15.4. The molecule has 0 saturated heterocycles. The highest BCUT2D eigenvalue weighted by molar-refractivity contribution is 7.71. The molecule has 1 unspecified atom stereocenters. The summed E-state index contributed by atoms with van der Waals surface area (Å²) in [5, 5.41) is 5.92. The number of ether oxygens (including phenoxy) is 1. The first-order valence-electron chi connectivity index (χ1n) is 10.3. The molecule has 2 aromatic carbocycles. The Balaban J connectivity index is 1.69. The van der Waals surface area contributed by atoms with Crippen molar-refractivity contribution in [3.8, 4) is 0 Å². The summed E-state index contributed by atoms with van der Waals surface area (Å²) in [4.78, 5) is 40.8. The smallest absolute Gasteiger partial charge is 0.262 e. The molecule has 32 heavy (non-hydrogen) atoms. The summed E-state index contributed by atoms with van der Waals surface area (Å²) in [5.74, 6) is -0.709. The maximum atomic E-state index is 12.8. The fraction of sp³-hybridized carbons (Fsp3) is 0.304. The highest BCUT2D eigenvalue weighted by atomic mass is 32.1. The van der Waals surface area contributed by atoms with E-state index in [9.17, 15) is 14.4 Å². The lowest BCUT2D eigenvalue weighted by molar-refractivity contribution is -0.122. The highest BCUT2D eigenvalue weighted by Crippen LogP contribution is 2.11. The second-order valence-corrected chi connectivity index (χ2v) is 7.78. The van der Waals surface area contributed by atoms with E-state index in [1.165, 1.54) is 4.57 Å². The van der Waals surface area contributed by atoms with Crippen molar-refractivity contribution in [2.24, 2.45) is 0 Å². The van der Waals surface area contributed by atoms with Crippen LogP contribution < -0.4 is 16.2 Å². The van der Waals surface area contributed by atoms with Gasteiger partial charge in [0.05, 0.1) is 10.9 Å². The number of hydrogen-bond donors (Lipinski definition) is 3. The first-order valence-corrected chi connectivity index (χ1v) is 10.7. The van der Waals surface area contributed by atoms with E-state index in [-0.39, 0.29) is 16.2 Å². The normalized spacial score (nSPS) is 11.8. The minimum atomic E-state index is -0.728. The summed E-state index contributed by atoms with van der Waals surface area (Å²) < 4.78 is 6.79. The molecule has 168 valence electrons. The summed E-state index contributed by atoms with van der Waals surface area (Å²) in [5.41, 5.74) is 1.54. The van der Waals surface area contributed by atoms with Gasteiger partial charge in [0.15, 0.2) is 4.77 Å². The molecule has 0 saturated carbocycles. The van der Waals surface area contributed by atoms with E-state index in [4.69, 9.17) is 17.0 Å². The predicted octanol–water partition coefficient (Wildman–Crippen LogP) is 2.53. The van der Waals surface area contributed by atoms with E-state index in [0.717, 1.165) is 5.56 Å². The largest absolute Gasteiger partial charge is 0.385 e. The van der Waals surface area contributed by atoms with E-state index in [1.54, 1.807) is 32.2 Å². The van der Waals surface area contributed by atoms with Crippen LogP contribution in [0.2, 0.25) is 0 Å². The molecule has 3 N–H and O–H groups in total. The minimum Gasteiger partial charge on any atom is -0.385 e. The number of aromatic nitrogens is 2. The summed E-state index contributed by atoms with van der Waals surface area (Å²) in [6, 6.07) is 13.5. The van der Waals surface area contributed by atoms with Crippen molar-refractivity contribution in [2.45, 2.75) is 32.5 Å². The number of nitrogens with one attached hydrogen (secondary N) is 3. The van der Waals surface area contributed by atoms with Crippen molar-refractivity contribution < 1.29 is 14.3 Å². The Hall–Kier alpha value is -3.30. The Morgan fingerprint density at radius 1 is 1.19 bits per heavy atom. The molecule has 0 bridgehead atoms. The van der Waals surface area contributed by atoms with Gasteiger partial charge in [-0.05, 0) is 49.3 Å². The summed E-state index contributed by atoms with van der Waals surface area (Å²) >= 11 is 5.31. The zero-order valence-corrected chi connectivity index (χ0v) is 18.8. The fourth-order valence-corrected chi connectivity index (χ4v) is 3.53. The Labute approximate surface area is 190 Å². The number of carbonyl (C=O) groups excluding carboxylic acids is 2. The fourth-order valence-electron chi connectivity index (χ4n) is 3.25. The van der Waals surface area contributed by atoms with Gasteiger partial charge in [-0.3, -0.25) is 19.0 Å². The van der Waals surface area contributed by atoms with Gasteiger partial charge in [0.25, 0.3) is 11.5 Å². The van der Waals surface area contributed by atoms with Crippen LogP contribution in [0.3, 0.4) is 0 Å². The van der Waals surface area contributed by atoms with E-state index >= 15 is 0 Å². The molecule has 3 aromatic rings. The van der Waals surface area contributed by atoms with Gasteiger partial charge in [-0.1, -0.05) is 30.3 Å². The lowest BCUT2D eigenvalue weighted by Crippen LogP contribution is -2.44. The lowest BCUT2D eigenvalue weighted by Gasteiger charge is -2.15. The molecule has 0 fully saturated rings. The first kappa shape index (κ1) is 23.4. The number of methoxy groups -OCH3 is 1. The number of rotatable bonds is 9. The zero-order valence-electron chi connectivity index (χ0n) is 18.0. The van der Waals surface area contributed by atoms with Crippen LogP contribution in [-0.4, -0.2) is 41.1 Å². The molecule has 0 aliphatic heterocycles. The standard InChI is InChI=1S/C23H26N4O4S/c1-15(20(28)24-14-16-7-4-3-5-8-16)25-21(29)17-9-10-18-19(13-17)26-23(32)27(22(18)30)11-6-12-31-2/h3-5,7-10,13,15H,6,11-12,14H2,1-2H3,(H,24,28)(H,25,29)(H,26,32). The monoisotopic (exact) mass is 454 g/mol. The highest BCUT2D eigenvalue weighted by Gasteiger charge is 2.17. The number of hydrogen-bond acceptors (Lipinski definition) is 5. The number of nitrogens with zero attached hydrogens (tertiary/aromatic N) is 1. The Kier molecular flexibility index (Phi) is 7.91. The van der Waals surface area contributed by atoms with Gasteiger partial charge >= 0.3 is 0 Å². The van der Waals surface area contributed by atoms with Gasteiger partial charge in [0.1, 0.15) is 6.04 Å². The molecule has 9 heteroatoms. The second-order valence-electron chi connectivity index (χ2n) is 7.39. The second kappa shape index (κ2) is 10.8. The van der Waals surface area contributed by atoms with Crippen molar-refractivity contribution in [1.29, 1.82) is 0 Å². The van der Waals surface area contributed by atoms with Crippen molar-refractivity contribution in [3.05, 3.63) is 74.8 Å². The van der Waals surface area contributed by atoms with E-state index < -0.39 is 11.9 Å². The third-order valence-corrected chi connectivity index (χ3v) is 5.35. The molecule has 0 spiro atoms. The van der Waals surface area contributed by atoms with Crippen LogP contribution in [0.1, 0.15) is 29.3 Å². The lowest BCUT2D eigenvalue weighted by atomic mass is 10.1. The number of fused-ring (bicyclic) bond motifs is 1. The number of amides is 2. The molecular formula is C23H26N4O4S. The quantitative estimate of drug-likeness (QED) is 0.340. The molecule has 0 aliphatic carbocycles. The van der Waals surface area contributed by atoms with Crippen LogP contribution in [-0.2, 0) is 22.6 Å². The molecule has 1 aromatic heterocycles. The summed E-state index contributed by atoms with van der Waals surface area (Å²) in [7, 11) is 1.60. The molecule has 0 aliphatic rings. The Bertz CT molecular complexity index is 1220. The number of aromatic amines is 1. The zero-order chi connectivity index (χ0) is 23.1. The minimum absolute atomic E-state index is 0.222. The van der Waals surface area contributed by atoms with Crippen LogP contribution in [0.4, 0.5) is 0 Å². The molecule has 3 rings (SSSR count). The Morgan fingerprint density at radius 2 is 1.94 bits per heavy atom. The van der Waals surface area contributed by atoms with Crippen LogP contribution in [0.15, 0.2) is 53.3 Å². The van der Waals surface area contributed by atoms with Crippen molar-refractivity contribution in [3.63, 3.8) is 0 Å². The van der Waals surface area contributed by atoms with Gasteiger partial charge in [-0.2, -0.15) is 0 Å². The van der Waals surface area contributed by atoms with Gasteiger partial charge in [0, 0.05) is 32.4 Å². The molecular weight excluding hydrogens is 428 g/mol. The van der Waals surface area contributed by atoms with Gasteiger partial charge in [-0.15, -0.1) is 0 Å².